The molecular weight excluding hydrogens is 276 g/mol. The van der Waals surface area contributed by atoms with E-state index in [1.165, 1.54) is 18.2 Å². The summed E-state index contributed by atoms with van der Waals surface area (Å²) < 4.78 is 32.5. The van der Waals surface area contributed by atoms with Crippen LogP contribution in [0.25, 0.3) is 0 Å². The van der Waals surface area contributed by atoms with Crippen molar-refractivity contribution in [3.05, 3.63) is 29.3 Å². The molecule has 20 heavy (non-hydrogen) atoms. The van der Waals surface area contributed by atoms with Crippen molar-refractivity contribution >= 4 is 10.0 Å². The van der Waals surface area contributed by atoms with Crippen molar-refractivity contribution in [1.82, 2.24) is 4.72 Å². The summed E-state index contributed by atoms with van der Waals surface area (Å²) >= 11 is 0. The van der Waals surface area contributed by atoms with Crippen LogP contribution in [-0.4, -0.2) is 27.2 Å². The van der Waals surface area contributed by atoms with Gasteiger partial charge in [0, 0.05) is 12.6 Å². The topological polar surface area (TPSA) is 79.2 Å². The van der Waals surface area contributed by atoms with Crippen LogP contribution in [0.1, 0.15) is 30.9 Å². The molecule has 5 nitrogen and oxygen atoms in total. The van der Waals surface area contributed by atoms with E-state index in [1.807, 2.05) is 13.0 Å². The Morgan fingerprint density at radius 2 is 2.15 bits per heavy atom. The summed E-state index contributed by atoms with van der Waals surface area (Å²) in [5.41, 5.74) is 1.15. The summed E-state index contributed by atoms with van der Waals surface area (Å²) in [5.74, 6) is 0. The van der Waals surface area contributed by atoms with Gasteiger partial charge in [-0.2, -0.15) is 5.26 Å². The fraction of sp³-hybridized carbons (Fsp3) is 0.500. The van der Waals surface area contributed by atoms with E-state index in [9.17, 15) is 8.42 Å². The second kappa shape index (κ2) is 5.92. The van der Waals surface area contributed by atoms with Gasteiger partial charge in [-0.3, -0.25) is 0 Å². The van der Waals surface area contributed by atoms with Crippen LogP contribution in [-0.2, 0) is 14.8 Å². The van der Waals surface area contributed by atoms with Gasteiger partial charge in [-0.05, 0) is 50.5 Å². The third-order valence-electron chi connectivity index (χ3n) is 3.45. The summed E-state index contributed by atoms with van der Waals surface area (Å²) in [6, 6.07) is 6.49. The quantitative estimate of drug-likeness (QED) is 0.896. The highest BCUT2D eigenvalue weighted by molar-refractivity contribution is 7.89. The third kappa shape index (κ3) is 3.18. The Hall–Kier alpha value is -1.42. The van der Waals surface area contributed by atoms with Gasteiger partial charge in [-0.25, -0.2) is 13.1 Å². The number of rotatable bonds is 5. The van der Waals surface area contributed by atoms with Crippen molar-refractivity contribution in [2.24, 2.45) is 0 Å². The van der Waals surface area contributed by atoms with E-state index in [0.717, 1.165) is 0 Å². The van der Waals surface area contributed by atoms with Crippen molar-refractivity contribution in [2.45, 2.75) is 43.7 Å². The van der Waals surface area contributed by atoms with Crippen LogP contribution in [0.2, 0.25) is 0 Å². The van der Waals surface area contributed by atoms with Gasteiger partial charge in [-0.1, -0.05) is 0 Å². The highest BCUT2D eigenvalue weighted by Gasteiger charge is 2.33. The lowest BCUT2D eigenvalue weighted by Crippen LogP contribution is -2.47. The zero-order chi connectivity index (χ0) is 14.8. The Kier molecular flexibility index (Phi) is 4.43. The number of nitrogens with zero attached hydrogens (tertiary/aromatic N) is 1. The molecule has 0 aromatic heterocycles. The van der Waals surface area contributed by atoms with Crippen LogP contribution < -0.4 is 4.72 Å². The number of ether oxygens (including phenoxy) is 1. The average molecular weight is 294 g/mol. The minimum absolute atomic E-state index is 0.0625. The second-order valence-electron chi connectivity index (χ2n) is 4.96. The smallest absolute Gasteiger partial charge is 0.240 e. The van der Waals surface area contributed by atoms with Crippen molar-refractivity contribution in [3.63, 3.8) is 0 Å². The SMILES string of the molecule is CCOC1CC(NS(=O)(=O)c2ccc(C#N)c(C)c2)C1. The predicted molar refractivity (Wildman–Crippen MR) is 74.7 cm³/mol. The minimum Gasteiger partial charge on any atom is -0.378 e. The number of benzene rings is 1. The van der Waals surface area contributed by atoms with Gasteiger partial charge in [0.15, 0.2) is 0 Å². The minimum atomic E-state index is -3.52. The van der Waals surface area contributed by atoms with Gasteiger partial charge in [0.1, 0.15) is 0 Å². The maximum Gasteiger partial charge on any atom is 0.240 e. The summed E-state index contributed by atoms with van der Waals surface area (Å²) in [4.78, 5) is 0.203. The fourth-order valence-electron chi connectivity index (χ4n) is 2.25. The van der Waals surface area contributed by atoms with Gasteiger partial charge in [-0.15, -0.1) is 0 Å². The van der Waals surface area contributed by atoms with Gasteiger partial charge in [0.25, 0.3) is 0 Å². The molecule has 1 aromatic rings. The first kappa shape index (κ1) is 15.0. The molecule has 0 heterocycles. The molecule has 1 aliphatic carbocycles. The van der Waals surface area contributed by atoms with E-state index >= 15 is 0 Å². The van der Waals surface area contributed by atoms with E-state index in [-0.39, 0.29) is 17.0 Å². The van der Waals surface area contributed by atoms with E-state index in [0.29, 0.717) is 30.6 Å². The molecule has 1 saturated carbocycles. The summed E-state index contributed by atoms with van der Waals surface area (Å²) in [5, 5.41) is 8.86. The molecule has 2 rings (SSSR count). The molecule has 0 atom stereocenters. The molecule has 1 aliphatic rings. The number of aryl methyl sites for hydroxylation is 1. The van der Waals surface area contributed by atoms with Gasteiger partial charge in [0.05, 0.1) is 22.6 Å². The molecule has 0 saturated heterocycles. The summed E-state index contributed by atoms with van der Waals surface area (Å²) in [6.45, 7) is 4.31. The molecule has 0 bridgehead atoms. The molecule has 6 heteroatoms. The Labute approximate surface area is 119 Å². The number of sulfonamides is 1. The first-order chi connectivity index (χ1) is 9.46. The molecule has 0 unspecified atom stereocenters. The molecule has 1 N–H and O–H groups in total. The lowest BCUT2D eigenvalue weighted by molar-refractivity contribution is -0.00475. The van der Waals surface area contributed by atoms with E-state index < -0.39 is 10.0 Å². The largest absolute Gasteiger partial charge is 0.378 e. The van der Waals surface area contributed by atoms with Crippen LogP contribution in [0, 0.1) is 18.3 Å². The fourth-order valence-corrected chi connectivity index (χ4v) is 3.60. The molecule has 0 aliphatic heterocycles. The van der Waals surface area contributed by atoms with Crippen LogP contribution in [0.4, 0.5) is 0 Å². The van der Waals surface area contributed by atoms with Crippen molar-refractivity contribution in [1.29, 1.82) is 5.26 Å². The van der Waals surface area contributed by atoms with Crippen molar-refractivity contribution in [2.75, 3.05) is 6.61 Å². The van der Waals surface area contributed by atoms with Crippen LogP contribution >= 0.6 is 0 Å². The zero-order valence-corrected chi connectivity index (χ0v) is 12.4. The standard InChI is InChI=1S/C14H18N2O3S/c1-3-19-13-7-12(8-13)16-20(17,18)14-5-4-11(9-15)10(2)6-14/h4-6,12-13,16H,3,7-8H2,1-2H3. The Morgan fingerprint density at radius 3 is 2.70 bits per heavy atom. The number of hydrogen-bond donors (Lipinski definition) is 1. The van der Waals surface area contributed by atoms with Gasteiger partial charge < -0.3 is 4.74 Å². The predicted octanol–water partition coefficient (Wildman–Crippen LogP) is 1.71. The van der Waals surface area contributed by atoms with Crippen LogP contribution in [0.15, 0.2) is 23.1 Å². The number of hydrogen-bond acceptors (Lipinski definition) is 4. The van der Waals surface area contributed by atoms with Crippen molar-refractivity contribution in [3.8, 4) is 6.07 Å². The average Bonchev–Trinajstić information content (AvgIpc) is 2.36. The van der Waals surface area contributed by atoms with Gasteiger partial charge in [0.2, 0.25) is 10.0 Å². The molecule has 1 fully saturated rings. The van der Waals surface area contributed by atoms with Crippen LogP contribution in [0.3, 0.4) is 0 Å². The maximum atomic E-state index is 12.2. The second-order valence-corrected chi connectivity index (χ2v) is 6.67. The van der Waals surface area contributed by atoms with Crippen molar-refractivity contribution < 1.29 is 13.2 Å². The van der Waals surface area contributed by atoms with E-state index in [1.54, 1.807) is 6.92 Å². The Morgan fingerprint density at radius 1 is 1.45 bits per heavy atom. The number of nitriles is 1. The molecule has 0 spiro atoms. The molecule has 0 radical (unpaired) electrons. The maximum absolute atomic E-state index is 12.2. The highest BCUT2D eigenvalue weighted by Crippen LogP contribution is 2.25. The normalized spacial score (nSPS) is 22.1. The lowest BCUT2D eigenvalue weighted by atomic mass is 9.90. The van der Waals surface area contributed by atoms with Crippen LogP contribution in [0.5, 0.6) is 0 Å². The monoisotopic (exact) mass is 294 g/mol. The first-order valence-electron chi connectivity index (χ1n) is 6.61. The van der Waals surface area contributed by atoms with E-state index in [2.05, 4.69) is 4.72 Å². The summed E-state index contributed by atoms with van der Waals surface area (Å²) in [7, 11) is -3.52. The first-order valence-corrected chi connectivity index (χ1v) is 8.09. The number of nitrogens with one attached hydrogen (secondary N) is 1. The third-order valence-corrected chi connectivity index (χ3v) is 4.97. The Balaban J connectivity index is 2.05. The molecule has 0 amide bonds. The van der Waals surface area contributed by atoms with Gasteiger partial charge >= 0.3 is 0 Å². The highest BCUT2D eigenvalue weighted by atomic mass is 32.2. The molecular formula is C14H18N2O3S. The lowest BCUT2D eigenvalue weighted by Gasteiger charge is -2.35. The summed E-state index contributed by atoms with van der Waals surface area (Å²) in [6.07, 6.45) is 1.58. The molecule has 1 aromatic carbocycles. The Bertz CT molecular complexity index is 628. The zero-order valence-electron chi connectivity index (χ0n) is 11.6. The molecule has 108 valence electrons. The van der Waals surface area contributed by atoms with E-state index in [4.69, 9.17) is 10.00 Å².